The van der Waals surface area contributed by atoms with Gasteiger partial charge in [0.1, 0.15) is 5.78 Å². The second kappa shape index (κ2) is 9.20. The number of carbonyl (C=O) groups is 2. The molecule has 0 unspecified atom stereocenters. The topological polar surface area (TPSA) is 90.9 Å². The van der Waals surface area contributed by atoms with Crippen molar-refractivity contribution in [3.05, 3.63) is 0 Å². The van der Waals surface area contributed by atoms with Crippen LogP contribution in [0.1, 0.15) is 66.2 Å². The van der Waals surface area contributed by atoms with Crippen LogP contribution in [0.2, 0.25) is 0 Å². The fourth-order valence-electron chi connectivity index (χ4n) is 1.63. The normalized spacial score (nSPS) is 11.4. The van der Waals surface area contributed by atoms with Gasteiger partial charge in [-0.3, -0.25) is 9.59 Å². The molecule has 22 heavy (non-hydrogen) atoms. The molecule has 0 aliphatic rings. The lowest BCUT2D eigenvalue weighted by Crippen LogP contribution is -2.14. The van der Waals surface area contributed by atoms with Crippen molar-refractivity contribution in [1.29, 1.82) is 10.5 Å². The molecule has 0 saturated carbocycles. The molecular weight excluding hydrogens is 280 g/mol. The van der Waals surface area contributed by atoms with E-state index in [1.165, 1.54) is 0 Å². The molecular formula is C17H26N2O3. The van der Waals surface area contributed by atoms with Crippen LogP contribution in [0.3, 0.4) is 0 Å². The van der Waals surface area contributed by atoms with E-state index in [1.54, 1.807) is 13.8 Å². The number of nitriles is 2. The molecule has 0 aromatic heterocycles. The summed E-state index contributed by atoms with van der Waals surface area (Å²) >= 11 is 0. The molecule has 0 amide bonds. The Kier molecular flexibility index (Phi) is 8.42. The van der Waals surface area contributed by atoms with Crippen LogP contribution in [0, 0.1) is 33.5 Å². The zero-order valence-corrected chi connectivity index (χ0v) is 14.1. The molecule has 0 radical (unpaired) electrons. The molecule has 0 bridgehead atoms. The SMILES string of the molecule is CC(C)(C#N)CCC(=O)CCCOC(=O)CCC(C)(C)C#N. The maximum absolute atomic E-state index is 11.7. The summed E-state index contributed by atoms with van der Waals surface area (Å²) in [6, 6.07) is 4.30. The van der Waals surface area contributed by atoms with E-state index in [4.69, 9.17) is 15.3 Å². The number of nitrogens with zero attached hydrogens (tertiary/aromatic N) is 2. The number of ether oxygens (including phenoxy) is 1. The predicted octanol–water partition coefficient (Wildman–Crippen LogP) is 3.54. The van der Waals surface area contributed by atoms with Crippen molar-refractivity contribution in [2.75, 3.05) is 6.61 Å². The van der Waals surface area contributed by atoms with Gasteiger partial charge in [0, 0.05) is 19.3 Å². The van der Waals surface area contributed by atoms with E-state index in [1.807, 2.05) is 13.8 Å². The number of ketones is 1. The second-order valence-corrected chi connectivity index (χ2v) is 6.85. The van der Waals surface area contributed by atoms with E-state index in [2.05, 4.69) is 12.1 Å². The van der Waals surface area contributed by atoms with Crippen molar-refractivity contribution in [3.63, 3.8) is 0 Å². The highest BCUT2D eigenvalue weighted by atomic mass is 16.5. The van der Waals surface area contributed by atoms with Crippen molar-refractivity contribution < 1.29 is 14.3 Å². The van der Waals surface area contributed by atoms with Crippen LogP contribution in [-0.4, -0.2) is 18.4 Å². The smallest absolute Gasteiger partial charge is 0.305 e. The molecule has 0 N–H and O–H groups in total. The molecule has 0 rings (SSSR count). The fraction of sp³-hybridized carbons (Fsp3) is 0.765. The van der Waals surface area contributed by atoms with Crippen molar-refractivity contribution in [2.24, 2.45) is 10.8 Å². The number of esters is 1. The minimum Gasteiger partial charge on any atom is -0.466 e. The standard InChI is InChI=1S/C17H26N2O3/c1-16(2,12-18)9-7-14(20)6-5-11-22-15(21)8-10-17(3,4)13-19/h5-11H2,1-4H3. The van der Waals surface area contributed by atoms with E-state index in [0.29, 0.717) is 32.1 Å². The third kappa shape index (κ3) is 9.94. The van der Waals surface area contributed by atoms with Crippen LogP contribution in [0.4, 0.5) is 0 Å². The van der Waals surface area contributed by atoms with Gasteiger partial charge >= 0.3 is 5.97 Å². The molecule has 5 heteroatoms. The first-order valence-electron chi connectivity index (χ1n) is 7.62. The molecule has 0 aromatic rings. The van der Waals surface area contributed by atoms with E-state index >= 15 is 0 Å². The van der Waals surface area contributed by atoms with Gasteiger partial charge in [-0.1, -0.05) is 0 Å². The first kappa shape index (κ1) is 20.1. The van der Waals surface area contributed by atoms with E-state index in [0.717, 1.165) is 0 Å². The third-order valence-corrected chi connectivity index (χ3v) is 3.45. The Morgan fingerprint density at radius 3 is 1.91 bits per heavy atom. The number of carbonyl (C=O) groups excluding carboxylic acids is 2. The van der Waals surface area contributed by atoms with Crippen molar-refractivity contribution in [1.82, 2.24) is 0 Å². The van der Waals surface area contributed by atoms with Crippen LogP contribution in [0.15, 0.2) is 0 Å². The Morgan fingerprint density at radius 2 is 1.41 bits per heavy atom. The maximum Gasteiger partial charge on any atom is 0.305 e. The number of Topliss-reactive ketones (excluding diaryl/α,β-unsaturated/α-hetero) is 1. The predicted molar refractivity (Wildman–Crippen MR) is 82.5 cm³/mol. The summed E-state index contributed by atoms with van der Waals surface area (Å²) in [7, 11) is 0. The summed E-state index contributed by atoms with van der Waals surface area (Å²) in [6.07, 6.45) is 2.46. The summed E-state index contributed by atoms with van der Waals surface area (Å²) in [5.74, 6) is -0.244. The van der Waals surface area contributed by atoms with Crippen LogP contribution in [-0.2, 0) is 14.3 Å². The van der Waals surface area contributed by atoms with Gasteiger partial charge in [-0.15, -0.1) is 0 Å². The molecule has 0 spiro atoms. The van der Waals surface area contributed by atoms with Gasteiger partial charge in [0.2, 0.25) is 0 Å². The summed E-state index contributed by atoms with van der Waals surface area (Å²) in [6.45, 7) is 7.40. The maximum atomic E-state index is 11.7. The number of hydrogen-bond donors (Lipinski definition) is 0. The molecule has 0 saturated heterocycles. The Hall–Kier alpha value is -1.88. The highest BCUT2D eigenvalue weighted by Gasteiger charge is 2.19. The Morgan fingerprint density at radius 1 is 0.909 bits per heavy atom. The van der Waals surface area contributed by atoms with E-state index in [9.17, 15) is 9.59 Å². The molecule has 122 valence electrons. The first-order chi connectivity index (χ1) is 10.1. The van der Waals surface area contributed by atoms with Crippen LogP contribution in [0.25, 0.3) is 0 Å². The lowest BCUT2D eigenvalue weighted by Gasteiger charge is -2.14. The van der Waals surface area contributed by atoms with Gasteiger partial charge in [0.15, 0.2) is 0 Å². The highest BCUT2D eigenvalue weighted by Crippen LogP contribution is 2.22. The molecule has 0 heterocycles. The quantitative estimate of drug-likeness (QED) is 0.455. The lowest BCUT2D eigenvalue weighted by atomic mass is 9.88. The average Bonchev–Trinajstić information content (AvgIpc) is 2.47. The highest BCUT2D eigenvalue weighted by molar-refractivity contribution is 5.78. The Labute approximate surface area is 133 Å². The molecule has 0 aliphatic heterocycles. The third-order valence-electron chi connectivity index (χ3n) is 3.45. The summed E-state index contributed by atoms with van der Waals surface area (Å²) in [4.78, 5) is 23.2. The van der Waals surface area contributed by atoms with Crippen LogP contribution < -0.4 is 0 Å². The van der Waals surface area contributed by atoms with Gasteiger partial charge in [0.05, 0.1) is 29.6 Å². The number of rotatable bonds is 10. The van der Waals surface area contributed by atoms with Gasteiger partial charge < -0.3 is 4.74 Å². The van der Waals surface area contributed by atoms with Gasteiger partial charge in [0.25, 0.3) is 0 Å². The average molecular weight is 306 g/mol. The second-order valence-electron chi connectivity index (χ2n) is 6.85. The summed E-state index contributed by atoms with van der Waals surface area (Å²) in [5, 5.41) is 17.7. The van der Waals surface area contributed by atoms with Crippen molar-refractivity contribution >= 4 is 11.8 Å². The number of hydrogen-bond acceptors (Lipinski definition) is 5. The van der Waals surface area contributed by atoms with Crippen molar-refractivity contribution in [3.8, 4) is 12.1 Å². The first-order valence-corrected chi connectivity index (χ1v) is 7.62. The zero-order valence-electron chi connectivity index (χ0n) is 14.1. The summed E-state index contributed by atoms with van der Waals surface area (Å²) < 4.78 is 5.05. The Balaban J connectivity index is 3.77. The summed E-state index contributed by atoms with van der Waals surface area (Å²) in [5.41, 5.74) is -1.00. The monoisotopic (exact) mass is 306 g/mol. The molecule has 0 aliphatic carbocycles. The van der Waals surface area contributed by atoms with E-state index < -0.39 is 10.8 Å². The van der Waals surface area contributed by atoms with Gasteiger partial charge in [-0.2, -0.15) is 10.5 Å². The van der Waals surface area contributed by atoms with Crippen LogP contribution >= 0.6 is 0 Å². The van der Waals surface area contributed by atoms with Gasteiger partial charge in [-0.05, 0) is 47.0 Å². The Bertz CT molecular complexity index is 423. The molecule has 0 fully saturated rings. The zero-order chi connectivity index (χ0) is 17.2. The lowest BCUT2D eigenvalue weighted by molar-refractivity contribution is -0.144. The van der Waals surface area contributed by atoms with Crippen molar-refractivity contribution in [2.45, 2.75) is 66.2 Å². The fourth-order valence-corrected chi connectivity index (χ4v) is 1.63. The largest absolute Gasteiger partial charge is 0.466 e. The molecule has 0 atom stereocenters. The van der Waals surface area contributed by atoms with Gasteiger partial charge in [-0.25, -0.2) is 0 Å². The minimum absolute atomic E-state index is 0.0880. The molecule has 5 nitrogen and oxygen atoms in total. The minimum atomic E-state index is -0.525. The van der Waals surface area contributed by atoms with E-state index in [-0.39, 0.29) is 24.8 Å². The molecule has 0 aromatic carbocycles. The van der Waals surface area contributed by atoms with Crippen LogP contribution in [0.5, 0.6) is 0 Å².